The van der Waals surface area contributed by atoms with Crippen LogP contribution in [0.1, 0.15) is 24.6 Å². The zero-order valence-corrected chi connectivity index (χ0v) is 12.3. The zero-order valence-electron chi connectivity index (χ0n) is 10.6. The van der Waals surface area contributed by atoms with Gasteiger partial charge in [0.1, 0.15) is 4.21 Å². The molecule has 1 fully saturated rings. The molecule has 2 N–H and O–H groups in total. The first-order valence-corrected chi connectivity index (χ1v) is 8.62. The normalized spacial score (nSPS) is 16.4. The van der Waals surface area contributed by atoms with Crippen molar-refractivity contribution in [2.75, 3.05) is 19.6 Å². The van der Waals surface area contributed by atoms with E-state index in [1.165, 1.54) is 11.3 Å². The van der Waals surface area contributed by atoms with Gasteiger partial charge in [0.2, 0.25) is 0 Å². The van der Waals surface area contributed by atoms with Crippen molar-refractivity contribution in [3.05, 3.63) is 17.0 Å². The highest BCUT2D eigenvalue weighted by molar-refractivity contribution is 7.91. The number of hydrogen-bond donors (Lipinski definition) is 1. The molecular weight excluding hydrogens is 268 g/mol. The van der Waals surface area contributed by atoms with Gasteiger partial charge in [-0.1, -0.05) is 6.92 Å². The minimum atomic E-state index is -3.29. The molecule has 0 aliphatic heterocycles. The third-order valence-corrected chi connectivity index (χ3v) is 6.69. The van der Waals surface area contributed by atoms with Crippen molar-refractivity contribution in [2.24, 2.45) is 11.7 Å². The van der Waals surface area contributed by atoms with Crippen molar-refractivity contribution in [3.63, 3.8) is 0 Å². The van der Waals surface area contributed by atoms with Gasteiger partial charge < -0.3 is 5.73 Å². The number of rotatable bonds is 7. The third kappa shape index (κ3) is 3.12. The second kappa shape index (κ2) is 5.69. The van der Waals surface area contributed by atoms with Crippen LogP contribution in [0.3, 0.4) is 0 Å². The summed E-state index contributed by atoms with van der Waals surface area (Å²) >= 11 is 1.35. The summed E-state index contributed by atoms with van der Waals surface area (Å²) in [6, 6.07) is 3.58. The molecule has 18 heavy (non-hydrogen) atoms. The summed E-state index contributed by atoms with van der Waals surface area (Å²) < 4.78 is 27.0. The predicted octanol–water partition coefficient (Wildman–Crippen LogP) is 1.67. The van der Waals surface area contributed by atoms with Gasteiger partial charge in [0.15, 0.2) is 0 Å². The van der Waals surface area contributed by atoms with Crippen LogP contribution in [-0.4, -0.2) is 32.4 Å². The van der Waals surface area contributed by atoms with E-state index in [4.69, 9.17) is 5.73 Å². The van der Waals surface area contributed by atoms with E-state index in [9.17, 15) is 8.42 Å². The van der Waals surface area contributed by atoms with Crippen molar-refractivity contribution >= 4 is 21.4 Å². The van der Waals surface area contributed by atoms with Crippen LogP contribution in [0.2, 0.25) is 0 Å². The van der Waals surface area contributed by atoms with E-state index in [0.29, 0.717) is 29.8 Å². The standard InChI is InChI=1S/C12H20N2O2S2/c1-2-14(9-10-3-4-10)18(15,16)12-6-5-11(17-12)7-8-13/h5-6,10H,2-4,7-9,13H2,1H3. The molecule has 1 aliphatic rings. The quantitative estimate of drug-likeness (QED) is 0.830. The van der Waals surface area contributed by atoms with Crippen molar-refractivity contribution in [3.8, 4) is 0 Å². The van der Waals surface area contributed by atoms with Crippen LogP contribution in [0.25, 0.3) is 0 Å². The highest BCUT2D eigenvalue weighted by atomic mass is 32.2. The molecule has 102 valence electrons. The molecule has 0 unspecified atom stereocenters. The van der Waals surface area contributed by atoms with Gasteiger partial charge in [-0.2, -0.15) is 4.31 Å². The van der Waals surface area contributed by atoms with E-state index in [0.717, 1.165) is 24.1 Å². The summed E-state index contributed by atoms with van der Waals surface area (Å²) in [5.74, 6) is 0.572. The monoisotopic (exact) mass is 288 g/mol. The van der Waals surface area contributed by atoms with E-state index in [-0.39, 0.29) is 0 Å². The van der Waals surface area contributed by atoms with Crippen molar-refractivity contribution in [2.45, 2.75) is 30.4 Å². The van der Waals surface area contributed by atoms with E-state index >= 15 is 0 Å². The molecule has 1 aromatic rings. The molecule has 0 bridgehead atoms. The van der Waals surface area contributed by atoms with Gasteiger partial charge in [0, 0.05) is 18.0 Å². The van der Waals surface area contributed by atoms with Gasteiger partial charge in [-0.15, -0.1) is 11.3 Å². The van der Waals surface area contributed by atoms with E-state index in [2.05, 4.69) is 0 Å². The summed E-state index contributed by atoms with van der Waals surface area (Å²) in [4.78, 5) is 1.04. The van der Waals surface area contributed by atoms with Crippen LogP contribution in [0, 0.1) is 5.92 Å². The minimum Gasteiger partial charge on any atom is -0.330 e. The first-order valence-electron chi connectivity index (χ1n) is 6.37. The Labute approximate surface area is 113 Å². The molecule has 0 spiro atoms. The lowest BCUT2D eigenvalue weighted by molar-refractivity contribution is 0.413. The largest absolute Gasteiger partial charge is 0.330 e. The Morgan fingerprint density at radius 3 is 2.72 bits per heavy atom. The van der Waals surface area contributed by atoms with Gasteiger partial charge in [0.25, 0.3) is 10.0 Å². The van der Waals surface area contributed by atoms with Crippen molar-refractivity contribution < 1.29 is 8.42 Å². The summed E-state index contributed by atoms with van der Waals surface area (Å²) in [5, 5.41) is 0. The third-order valence-electron chi connectivity index (χ3n) is 3.13. The Morgan fingerprint density at radius 2 is 2.17 bits per heavy atom. The highest BCUT2D eigenvalue weighted by Gasteiger charge is 2.31. The fourth-order valence-corrected chi connectivity index (χ4v) is 4.94. The average molecular weight is 288 g/mol. The van der Waals surface area contributed by atoms with Crippen molar-refractivity contribution in [1.82, 2.24) is 4.31 Å². The molecule has 1 aliphatic carbocycles. The molecule has 0 amide bonds. The number of nitrogens with zero attached hydrogens (tertiary/aromatic N) is 1. The Balaban J connectivity index is 2.15. The molecule has 0 atom stereocenters. The van der Waals surface area contributed by atoms with Crippen LogP contribution >= 0.6 is 11.3 Å². The number of thiophene rings is 1. The zero-order chi connectivity index (χ0) is 13.2. The minimum absolute atomic E-state index is 0.452. The molecule has 6 heteroatoms. The Hall–Kier alpha value is -0.430. The summed E-state index contributed by atoms with van der Waals surface area (Å²) in [5.41, 5.74) is 5.49. The first-order chi connectivity index (χ1) is 8.57. The number of hydrogen-bond acceptors (Lipinski definition) is 4. The number of nitrogens with two attached hydrogens (primary N) is 1. The van der Waals surface area contributed by atoms with Crippen molar-refractivity contribution in [1.29, 1.82) is 0 Å². The smallest absolute Gasteiger partial charge is 0.252 e. The highest BCUT2D eigenvalue weighted by Crippen LogP contribution is 2.32. The van der Waals surface area contributed by atoms with Gasteiger partial charge in [-0.25, -0.2) is 8.42 Å². The molecule has 2 rings (SSSR count). The maximum absolute atomic E-state index is 12.4. The van der Waals surface area contributed by atoms with Gasteiger partial charge in [0.05, 0.1) is 0 Å². The molecule has 1 saturated carbocycles. The lowest BCUT2D eigenvalue weighted by atomic mass is 10.3. The predicted molar refractivity (Wildman–Crippen MR) is 74.2 cm³/mol. The molecular formula is C12H20N2O2S2. The van der Waals surface area contributed by atoms with Crippen LogP contribution in [0.5, 0.6) is 0 Å². The summed E-state index contributed by atoms with van der Waals surface area (Å²) in [7, 11) is -3.29. The second-order valence-electron chi connectivity index (χ2n) is 4.66. The fraction of sp³-hybridized carbons (Fsp3) is 0.667. The Bertz CT molecular complexity index is 492. The molecule has 0 radical (unpaired) electrons. The van der Waals surface area contributed by atoms with Gasteiger partial charge in [-0.3, -0.25) is 0 Å². The lowest BCUT2D eigenvalue weighted by Crippen LogP contribution is -2.32. The maximum Gasteiger partial charge on any atom is 0.252 e. The van der Waals surface area contributed by atoms with Gasteiger partial charge in [-0.05, 0) is 43.9 Å². The fourth-order valence-electron chi connectivity index (χ4n) is 1.89. The molecule has 4 nitrogen and oxygen atoms in total. The molecule has 1 heterocycles. The number of sulfonamides is 1. The van der Waals surface area contributed by atoms with Crippen LogP contribution in [-0.2, 0) is 16.4 Å². The topological polar surface area (TPSA) is 63.4 Å². The summed E-state index contributed by atoms with van der Waals surface area (Å²) in [6.45, 7) is 3.67. The maximum atomic E-state index is 12.4. The Morgan fingerprint density at radius 1 is 1.44 bits per heavy atom. The average Bonchev–Trinajstić information content (AvgIpc) is 3.03. The van der Waals surface area contributed by atoms with Crippen LogP contribution < -0.4 is 5.73 Å². The molecule has 0 aromatic carbocycles. The van der Waals surface area contributed by atoms with E-state index in [1.54, 1.807) is 10.4 Å². The molecule has 0 saturated heterocycles. The van der Waals surface area contributed by atoms with Crippen LogP contribution in [0.4, 0.5) is 0 Å². The van der Waals surface area contributed by atoms with Gasteiger partial charge >= 0.3 is 0 Å². The van der Waals surface area contributed by atoms with E-state index in [1.807, 2.05) is 13.0 Å². The Kier molecular flexibility index (Phi) is 4.42. The molecule has 1 aromatic heterocycles. The second-order valence-corrected chi connectivity index (χ2v) is 7.99. The SMILES string of the molecule is CCN(CC1CC1)S(=O)(=O)c1ccc(CCN)s1. The van der Waals surface area contributed by atoms with E-state index < -0.39 is 10.0 Å². The van der Waals surface area contributed by atoms with Crippen LogP contribution in [0.15, 0.2) is 16.3 Å². The summed E-state index contributed by atoms with van der Waals surface area (Å²) in [6.07, 6.45) is 3.07. The first kappa shape index (κ1) is 14.0. The lowest BCUT2D eigenvalue weighted by Gasteiger charge is -2.19.